The van der Waals surface area contributed by atoms with Crippen molar-refractivity contribution in [2.45, 2.75) is 26.7 Å². The Morgan fingerprint density at radius 2 is 1.23 bits per heavy atom. The van der Waals surface area contributed by atoms with Gasteiger partial charge in [0.15, 0.2) is 0 Å². The van der Waals surface area contributed by atoms with Crippen molar-refractivity contribution < 1.29 is 16.8 Å². The van der Waals surface area contributed by atoms with Crippen LogP contribution in [0.3, 0.4) is 0 Å². The molecule has 1 heterocycles. The summed E-state index contributed by atoms with van der Waals surface area (Å²) < 4.78 is 46.6. The van der Waals surface area contributed by atoms with Crippen molar-refractivity contribution in [2.75, 3.05) is 0 Å². The number of hydrogen-bond donors (Lipinski definition) is 1. The second-order valence-electron chi connectivity index (χ2n) is 2.64. The summed E-state index contributed by atoms with van der Waals surface area (Å²) in [4.78, 5) is -0.00926. The topological polar surface area (TPSA) is 80.3 Å². The molecule has 1 N–H and O–H groups in total. The first-order valence-electron chi connectivity index (χ1n) is 3.85. The smallest absolute Gasteiger partial charge is 0.206 e. The molecule has 0 unspecified atom stereocenters. The van der Waals surface area contributed by atoms with Gasteiger partial charge in [0.05, 0.1) is 9.81 Å². The van der Waals surface area contributed by atoms with Crippen molar-refractivity contribution in [3.8, 4) is 0 Å². The molecule has 0 saturated carbocycles. The van der Waals surface area contributed by atoms with E-state index in [-0.39, 0.29) is 22.7 Å². The van der Waals surface area contributed by atoms with Gasteiger partial charge in [0.1, 0.15) is 0 Å². The summed E-state index contributed by atoms with van der Waals surface area (Å²) in [5, 5.41) is 0. The van der Waals surface area contributed by atoms with Crippen LogP contribution < -0.4 is 4.13 Å². The normalized spacial score (nSPS) is 25.1. The van der Waals surface area contributed by atoms with Gasteiger partial charge in [0, 0.05) is 0 Å². The second-order valence-corrected chi connectivity index (χ2v) is 6.31. The first-order valence-corrected chi connectivity index (χ1v) is 6.82. The third-order valence-corrected chi connectivity index (χ3v) is 6.07. The Morgan fingerprint density at radius 1 is 0.923 bits per heavy atom. The van der Waals surface area contributed by atoms with E-state index >= 15 is 0 Å². The highest BCUT2D eigenvalue weighted by Gasteiger charge is 2.38. The lowest BCUT2D eigenvalue weighted by atomic mass is 10.3. The number of hydrogen-bond acceptors (Lipinski definition) is 4. The van der Waals surface area contributed by atoms with E-state index in [1.807, 2.05) is 0 Å². The molecule has 0 radical (unpaired) electrons. The molecule has 0 aromatic carbocycles. The maximum Gasteiger partial charge on any atom is 0.250 e. The molecular formula is C6H11NO4S2. The van der Waals surface area contributed by atoms with Crippen LogP contribution in [0, 0.1) is 0 Å². The van der Waals surface area contributed by atoms with Crippen LogP contribution >= 0.6 is 0 Å². The summed E-state index contributed by atoms with van der Waals surface area (Å²) >= 11 is 0. The first kappa shape index (κ1) is 10.7. The van der Waals surface area contributed by atoms with Gasteiger partial charge < -0.3 is 0 Å². The van der Waals surface area contributed by atoms with Gasteiger partial charge in [0.2, 0.25) is 0 Å². The van der Waals surface area contributed by atoms with Crippen LogP contribution in [0.4, 0.5) is 0 Å². The molecule has 0 aromatic rings. The third-order valence-electron chi connectivity index (χ3n) is 1.82. The molecule has 1 rings (SSSR count). The molecule has 5 nitrogen and oxygen atoms in total. The van der Waals surface area contributed by atoms with Crippen molar-refractivity contribution in [2.24, 2.45) is 0 Å². The van der Waals surface area contributed by atoms with Gasteiger partial charge in [-0.25, -0.2) is 16.8 Å². The van der Waals surface area contributed by atoms with E-state index in [1.54, 1.807) is 18.0 Å². The Hall–Kier alpha value is -0.400. The lowest BCUT2D eigenvalue weighted by Gasteiger charge is -1.95. The van der Waals surface area contributed by atoms with Gasteiger partial charge in [-0.2, -0.15) is 0 Å². The summed E-state index contributed by atoms with van der Waals surface area (Å²) in [6.45, 7) is 3.23. The van der Waals surface area contributed by atoms with Gasteiger partial charge >= 0.3 is 0 Å². The van der Waals surface area contributed by atoms with Crippen molar-refractivity contribution in [3.63, 3.8) is 0 Å². The van der Waals surface area contributed by atoms with Gasteiger partial charge in [-0.05, 0) is 12.8 Å². The van der Waals surface area contributed by atoms with Crippen molar-refractivity contribution in [1.29, 1.82) is 0 Å². The second kappa shape index (κ2) is 3.07. The summed E-state index contributed by atoms with van der Waals surface area (Å²) in [7, 11) is -7.53. The summed E-state index contributed by atoms with van der Waals surface area (Å²) in [6, 6.07) is 0. The predicted octanol–water partition coefficient (Wildman–Crippen LogP) is 0.281. The van der Waals surface area contributed by atoms with Crippen LogP contribution in [0.2, 0.25) is 0 Å². The van der Waals surface area contributed by atoms with Gasteiger partial charge in [-0.15, -0.1) is 4.13 Å². The summed E-state index contributed by atoms with van der Waals surface area (Å²) in [6.07, 6.45) is 0.412. The minimum absolute atomic E-state index is 0.00463. The molecule has 7 heteroatoms. The Balaban J connectivity index is 3.50. The lowest BCUT2D eigenvalue weighted by Crippen LogP contribution is -2.23. The van der Waals surface area contributed by atoms with Crippen molar-refractivity contribution in [3.05, 3.63) is 9.81 Å². The van der Waals surface area contributed by atoms with Gasteiger partial charge in [0.25, 0.3) is 20.0 Å². The van der Waals surface area contributed by atoms with Crippen molar-refractivity contribution >= 4 is 20.0 Å². The molecule has 0 atom stereocenters. The molecule has 0 amide bonds. The molecule has 0 saturated heterocycles. The minimum Gasteiger partial charge on any atom is -0.206 e. The zero-order valence-electron chi connectivity index (χ0n) is 7.36. The van der Waals surface area contributed by atoms with Crippen LogP contribution in [0.15, 0.2) is 9.81 Å². The van der Waals surface area contributed by atoms with E-state index in [1.165, 1.54) is 0 Å². The molecule has 0 aromatic heterocycles. The fraction of sp³-hybridized carbons (Fsp3) is 0.667. The number of allylic oxidation sites excluding steroid dienone is 2. The Morgan fingerprint density at radius 3 is 1.46 bits per heavy atom. The van der Waals surface area contributed by atoms with E-state index in [0.717, 1.165) is 0 Å². The number of rotatable bonds is 2. The van der Waals surface area contributed by atoms with Gasteiger partial charge in [-0.3, -0.25) is 0 Å². The summed E-state index contributed by atoms with van der Waals surface area (Å²) in [5.74, 6) is 0. The molecule has 76 valence electrons. The quantitative estimate of drug-likeness (QED) is 0.732. The molecule has 13 heavy (non-hydrogen) atoms. The monoisotopic (exact) mass is 225 g/mol. The highest BCUT2D eigenvalue weighted by molar-refractivity contribution is 8.11. The fourth-order valence-corrected chi connectivity index (χ4v) is 5.59. The SMILES string of the molecule is CCC1=C(CC)S(=O)(=O)NS1(=O)=O. The van der Waals surface area contributed by atoms with Crippen LogP contribution in [0.1, 0.15) is 26.7 Å². The maximum atomic E-state index is 11.2. The highest BCUT2D eigenvalue weighted by atomic mass is 32.3. The van der Waals surface area contributed by atoms with E-state index < -0.39 is 20.0 Å². The first-order chi connectivity index (χ1) is 5.85. The van der Waals surface area contributed by atoms with E-state index in [4.69, 9.17) is 0 Å². The average Bonchev–Trinajstić information content (AvgIpc) is 2.13. The largest absolute Gasteiger partial charge is 0.250 e. The lowest BCUT2D eigenvalue weighted by molar-refractivity contribution is 0.588. The number of sulfonamides is 2. The standard InChI is InChI=1S/C6H11NO4S2/c1-3-5-6(4-2)13(10,11)7-12(5,8)9/h7H,3-4H2,1-2H3. The summed E-state index contributed by atoms with van der Waals surface area (Å²) in [5.41, 5.74) is 0. The third kappa shape index (κ3) is 1.63. The van der Waals surface area contributed by atoms with E-state index in [2.05, 4.69) is 0 Å². The molecule has 0 fully saturated rings. The Bertz CT molecular complexity index is 401. The zero-order chi connectivity index (χ0) is 10.3. The average molecular weight is 225 g/mol. The van der Waals surface area contributed by atoms with Crippen molar-refractivity contribution in [1.82, 2.24) is 4.13 Å². The molecular weight excluding hydrogens is 214 g/mol. The Labute approximate surface area is 77.9 Å². The van der Waals surface area contributed by atoms with Gasteiger partial charge in [-0.1, -0.05) is 13.8 Å². The van der Waals surface area contributed by atoms with E-state index in [0.29, 0.717) is 0 Å². The maximum absolute atomic E-state index is 11.2. The molecule has 0 bridgehead atoms. The fourth-order valence-electron chi connectivity index (χ4n) is 1.32. The minimum atomic E-state index is -3.76. The zero-order valence-corrected chi connectivity index (χ0v) is 9.00. The van der Waals surface area contributed by atoms with E-state index in [9.17, 15) is 16.8 Å². The molecule has 1 aliphatic rings. The van der Waals surface area contributed by atoms with Crippen LogP contribution in [0.5, 0.6) is 0 Å². The molecule has 0 aliphatic carbocycles. The Kier molecular flexibility index (Phi) is 2.52. The molecule has 1 aliphatic heterocycles. The van der Waals surface area contributed by atoms with Crippen LogP contribution in [-0.2, 0) is 20.0 Å². The predicted molar refractivity (Wildman–Crippen MR) is 48.6 cm³/mol. The van der Waals surface area contributed by atoms with Crippen LogP contribution in [0.25, 0.3) is 0 Å². The number of nitrogens with one attached hydrogen (secondary N) is 1. The highest BCUT2D eigenvalue weighted by Crippen LogP contribution is 2.28. The molecule has 0 spiro atoms. The van der Waals surface area contributed by atoms with Crippen LogP contribution in [-0.4, -0.2) is 16.8 Å².